The highest BCUT2D eigenvalue weighted by atomic mass is 16.5. The molecule has 21 heavy (non-hydrogen) atoms. The number of aliphatic hydroxyl groups is 1. The lowest BCUT2D eigenvalue weighted by molar-refractivity contribution is -0.142. The van der Waals surface area contributed by atoms with Gasteiger partial charge in [-0.05, 0) is 37.1 Å². The molecular weight excluding hydrogens is 274 g/mol. The molecule has 3 N–H and O–H groups in total. The summed E-state index contributed by atoms with van der Waals surface area (Å²) in [5.74, 6) is -0.890. The fourth-order valence-electron chi connectivity index (χ4n) is 1.93. The van der Waals surface area contributed by atoms with Gasteiger partial charge in [-0.15, -0.1) is 0 Å². The number of aliphatic carboxylic acids is 1. The second kappa shape index (κ2) is 8.26. The summed E-state index contributed by atoms with van der Waals surface area (Å²) in [6.45, 7) is 3.79. The van der Waals surface area contributed by atoms with Gasteiger partial charge in [-0.2, -0.15) is 0 Å². The Bertz CT molecular complexity index is 481. The van der Waals surface area contributed by atoms with Crippen LogP contribution in [0.25, 0.3) is 0 Å². The number of carbonyl (C=O) groups excluding carboxylic acids is 1. The van der Waals surface area contributed by atoms with Crippen LogP contribution in [0.3, 0.4) is 0 Å². The molecule has 0 heterocycles. The third-order valence-electron chi connectivity index (χ3n) is 2.84. The van der Waals surface area contributed by atoms with E-state index in [0.29, 0.717) is 5.75 Å². The lowest BCUT2D eigenvalue weighted by atomic mass is 10.1. The van der Waals surface area contributed by atoms with Crippen LogP contribution in [0.5, 0.6) is 5.75 Å². The molecule has 0 radical (unpaired) electrons. The highest BCUT2D eigenvalue weighted by molar-refractivity contribution is 5.83. The Balaban J connectivity index is 2.40. The van der Waals surface area contributed by atoms with Crippen molar-refractivity contribution in [2.75, 3.05) is 13.2 Å². The first-order valence-corrected chi connectivity index (χ1v) is 6.76. The van der Waals surface area contributed by atoms with E-state index in [4.69, 9.17) is 14.9 Å². The smallest absolute Gasteiger partial charge is 0.326 e. The number of ether oxygens (including phenoxy) is 1. The van der Waals surface area contributed by atoms with Crippen LogP contribution in [0.15, 0.2) is 18.2 Å². The maximum atomic E-state index is 11.6. The zero-order chi connectivity index (χ0) is 15.8. The molecule has 0 saturated heterocycles. The number of aryl methyl sites for hydroxylation is 2. The molecule has 1 amide bonds. The zero-order valence-electron chi connectivity index (χ0n) is 12.3. The fourth-order valence-corrected chi connectivity index (χ4v) is 1.93. The van der Waals surface area contributed by atoms with Crippen LogP contribution in [0, 0.1) is 13.8 Å². The van der Waals surface area contributed by atoms with Crippen molar-refractivity contribution in [1.82, 2.24) is 5.32 Å². The Morgan fingerprint density at radius 3 is 2.38 bits per heavy atom. The number of carboxylic acids is 1. The quantitative estimate of drug-likeness (QED) is 0.665. The standard InChI is InChI=1S/C15H21NO5/c1-10-7-11(2)9-12(8-10)21-6-4-14(18)16-13(3-5-17)15(19)20/h7-9,13,17H,3-6H2,1-2H3,(H,16,18)(H,19,20)/t13-/m1/s1. The van der Waals surface area contributed by atoms with E-state index in [2.05, 4.69) is 5.32 Å². The lowest BCUT2D eigenvalue weighted by Crippen LogP contribution is -2.41. The number of hydrogen-bond acceptors (Lipinski definition) is 4. The summed E-state index contributed by atoms with van der Waals surface area (Å²) in [7, 11) is 0. The van der Waals surface area contributed by atoms with E-state index in [0.717, 1.165) is 11.1 Å². The molecule has 0 saturated carbocycles. The predicted molar refractivity (Wildman–Crippen MR) is 77.3 cm³/mol. The van der Waals surface area contributed by atoms with Crippen LogP contribution < -0.4 is 10.1 Å². The van der Waals surface area contributed by atoms with E-state index < -0.39 is 17.9 Å². The van der Waals surface area contributed by atoms with Gasteiger partial charge in [0.2, 0.25) is 5.91 Å². The number of aliphatic hydroxyl groups excluding tert-OH is 1. The molecule has 6 nitrogen and oxygen atoms in total. The van der Waals surface area contributed by atoms with Gasteiger partial charge in [0, 0.05) is 13.0 Å². The van der Waals surface area contributed by atoms with Gasteiger partial charge in [0.25, 0.3) is 0 Å². The highest BCUT2D eigenvalue weighted by Gasteiger charge is 2.18. The third-order valence-corrected chi connectivity index (χ3v) is 2.84. The summed E-state index contributed by atoms with van der Waals surface area (Å²) in [6, 6.07) is 4.70. The first kappa shape index (κ1) is 17.0. The van der Waals surface area contributed by atoms with E-state index in [-0.39, 0.29) is 26.1 Å². The van der Waals surface area contributed by atoms with Gasteiger partial charge in [0.15, 0.2) is 0 Å². The number of carbonyl (C=O) groups is 2. The van der Waals surface area contributed by atoms with Crippen LogP contribution in [0.2, 0.25) is 0 Å². The minimum Gasteiger partial charge on any atom is -0.493 e. The van der Waals surface area contributed by atoms with Gasteiger partial charge >= 0.3 is 5.97 Å². The monoisotopic (exact) mass is 295 g/mol. The predicted octanol–water partition coefficient (Wildman–Crippen LogP) is 1.02. The molecule has 0 aliphatic heterocycles. The first-order valence-electron chi connectivity index (χ1n) is 6.76. The van der Waals surface area contributed by atoms with Gasteiger partial charge in [-0.1, -0.05) is 6.07 Å². The SMILES string of the molecule is Cc1cc(C)cc(OCCC(=O)N[C@H](CCO)C(=O)O)c1. The van der Waals surface area contributed by atoms with Crippen molar-refractivity contribution >= 4 is 11.9 Å². The van der Waals surface area contributed by atoms with Crippen molar-refractivity contribution < 1.29 is 24.5 Å². The Labute approximate surface area is 123 Å². The number of amides is 1. The van der Waals surface area contributed by atoms with Gasteiger partial charge in [-0.3, -0.25) is 4.79 Å². The molecule has 0 aliphatic carbocycles. The van der Waals surface area contributed by atoms with E-state index in [1.807, 2.05) is 32.0 Å². The van der Waals surface area contributed by atoms with Crippen molar-refractivity contribution in [2.45, 2.75) is 32.7 Å². The molecule has 0 fully saturated rings. The molecule has 0 aromatic heterocycles. The van der Waals surface area contributed by atoms with E-state index in [9.17, 15) is 9.59 Å². The molecule has 0 spiro atoms. The average molecular weight is 295 g/mol. The summed E-state index contributed by atoms with van der Waals surface area (Å²) < 4.78 is 5.48. The van der Waals surface area contributed by atoms with Crippen molar-refractivity contribution in [1.29, 1.82) is 0 Å². The Hall–Kier alpha value is -2.08. The summed E-state index contributed by atoms with van der Waals surface area (Å²) in [4.78, 5) is 22.5. The molecule has 6 heteroatoms. The first-order chi connectivity index (χ1) is 9.92. The number of hydrogen-bond donors (Lipinski definition) is 3. The Morgan fingerprint density at radius 1 is 1.24 bits per heavy atom. The Kier molecular flexibility index (Phi) is 6.68. The second-order valence-corrected chi connectivity index (χ2v) is 4.89. The minimum absolute atomic E-state index is 0.0149. The minimum atomic E-state index is -1.16. The molecular formula is C15H21NO5. The molecule has 0 aliphatic rings. The van der Waals surface area contributed by atoms with Crippen LogP contribution in [0.1, 0.15) is 24.0 Å². The molecule has 116 valence electrons. The van der Waals surface area contributed by atoms with Gasteiger partial charge in [0.1, 0.15) is 11.8 Å². The van der Waals surface area contributed by atoms with Crippen LogP contribution in [-0.2, 0) is 9.59 Å². The molecule has 1 aromatic rings. The molecule has 1 aromatic carbocycles. The maximum Gasteiger partial charge on any atom is 0.326 e. The normalized spacial score (nSPS) is 11.8. The third kappa shape index (κ3) is 6.27. The van der Waals surface area contributed by atoms with Crippen LogP contribution in [0.4, 0.5) is 0 Å². The topological polar surface area (TPSA) is 95.9 Å². The fraction of sp³-hybridized carbons (Fsp3) is 0.467. The van der Waals surface area contributed by atoms with Gasteiger partial charge in [0.05, 0.1) is 13.0 Å². The summed E-state index contributed by atoms with van der Waals surface area (Å²) in [5.41, 5.74) is 2.15. The summed E-state index contributed by atoms with van der Waals surface area (Å²) in [6.07, 6.45) is 0.0429. The molecule has 1 rings (SSSR count). The van der Waals surface area contributed by atoms with Gasteiger partial charge < -0.3 is 20.3 Å². The van der Waals surface area contributed by atoms with Crippen molar-refractivity contribution in [3.8, 4) is 5.75 Å². The summed E-state index contributed by atoms with van der Waals surface area (Å²) in [5, 5.41) is 19.9. The second-order valence-electron chi connectivity index (χ2n) is 4.89. The Morgan fingerprint density at radius 2 is 1.86 bits per heavy atom. The van der Waals surface area contributed by atoms with E-state index >= 15 is 0 Å². The van der Waals surface area contributed by atoms with Crippen LogP contribution >= 0.6 is 0 Å². The number of benzene rings is 1. The van der Waals surface area contributed by atoms with Crippen LogP contribution in [-0.4, -0.2) is 41.3 Å². The summed E-state index contributed by atoms with van der Waals surface area (Å²) >= 11 is 0. The van der Waals surface area contributed by atoms with Gasteiger partial charge in [-0.25, -0.2) is 4.79 Å². The van der Waals surface area contributed by atoms with E-state index in [1.165, 1.54) is 0 Å². The van der Waals surface area contributed by atoms with Crippen molar-refractivity contribution in [3.05, 3.63) is 29.3 Å². The van der Waals surface area contributed by atoms with Crippen molar-refractivity contribution in [2.24, 2.45) is 0 Å². The lowest BCUT2D eigenvalue weighted by Gasteiger charge is -2.13. The average Bonchev–Trinajstić information content (AvgIpc) is 2.36. The highest BCUT2D eigenvalue weighted by Crippen LogP contribution is 2.16. The molecule has 0 unspecified atom stereocenters. The largest absolute Gasteiger partial charge is 0.493 e. The number of nitrogens with one attached hydrogen (secondary N) is 1. The number of rotatable bonds is 8. The molecule has 1 atom stereocenters. The number of carboxylic acid groups (broad SMARTS) is 1. The molecule has 0 bridgehead atoms. The maximum absolute atomic E-state index is 11.6. The van der Waals surface area contributed by atoms with Crippen molar-refractivity contribution in [3.63, 3.8) is 0 Å². The zero-order valence-corrected chi connectivity index (χ0v) is 12.3. The van der Waals surface area contributed by atoms with E-state index in [1.54, 1.807) is 0 Å².